The predicted molar refractivity (Wildman–Crippen MR) is 173 cm³/mol. The quantitative estimate of drug-likeness (QED) is 0.228. The summed E-state index contributed by atoms with van der Waals surface area (Å²) in [6.45, 7) is 1.74. The normalized spacial score (nSPS) is 15.0. The van der Waals surface area contributed by atoms with E-state index in [-0.39, 0.29) is 43.0 Å². The lowest BCUT2D eigenvalue weighted by molar-refractivity contribution is -0.141. The Bertz CT molecular complexity index is 1760. The van der Waals surface area contributed by atoms with E-state index >= 15 is 0 Å². The number of rotatable bonds is 12. The molecule has 2 amide bonds. The molecule has 6 rings (SSSR count). The Morgan fingerprint density at radius 2 is 1.43 bits per heavy atom. The van der Waals surface area contributed by atoms with Gasteiger partial charge in [0.2, 0.25) is 28.6 Å². The summed E-state index contributed by atoms with van der Waals surface area (Å²) >= 11 is 0. The van der Waals surface area contributed by atoms with Gasteiger partial charge < -0.3 is 19.7 Å². The topological polar surface area (TPSA) is 105 Å². The number of hydrogen-bond donors (Lipinski definition) is 1. The Morgan fingerprint density at radius 1 is 0.783 bits per heavy atom. The molecule has 9 nitrogen and oxygen atoms in total. The van der Waals surface area contributed by atoms with Crippen LogP contribution in [-0.2, 0) is 39.1 Å². The van der Waals surface area contributed by atoms with Gasteiger partial charge in [-0.05, 0) is 65.8 Å². The van der Waals surface area contributed by atoms with E-state index in [0.717, 1.165) is 29.5 Å². The number of amides is 2. The molecule has 10 heteroatoms. The lowest BCUT2D eigenvalue weighted by atomic mass is 10.0. The van der Waals surface area contributed by atoms with Crippen molar-refractivity contribution in [1.82, 2.24) is 14.5 Å². The van der Waals surface area contributed by atoms with Crippen LogP contribution in [0.25, 0.3) is 0 Å². The average molecular weight is 640 g/mol. The van der Waals surface area contributed by atoms with Crippen LogP contribution in [0.5, 0.6) is 11.5 Å². The van der Waals surface area contributed by atoms with Gasteiger partial charge in [-0.15, -0.1) is 0 Å². The molecule has 46 heavy (non-hydrogen) atoms. The first-order valence-corrected chi connectivity index (χ1v) is 17.0. The van der Waals surface area contributed by atoms with Gasteiger partial charge in [-0.3, -0.25) is 9.59 Å². The zero-order valence-electron chi connectivity index (χ0n) is 25.5. The van der Waals surface area contributed by atoms with E-state index in [1.54, 1.807) is 29.2 Å². The summed E-state index contributed by atoms with van der Waals surface area (Å²) in [5.41, 5.74) is 3.29. The maximum Gasteiger partial charge on any atom is 0.247 e. The van der Waals surface area contributed by atoms with Gasteiger partial charge in [0.05, 0.1) is 4.90 Å². The van der Waals surface area contributed by atoms with Crippen molar-refractivity contribution in [3.8, 4) is 11.5 Å². The van der Waals surface area contributed by atoms with Gasteiger partial charge in [-0.25, -0.2) is 8.42 Å². The highest BCUT2D eigenvalue weighted by atomic mass is 32.2. The summed E-state index contributed by atoms with van der Waals surface area (Å²) in [7, 11) is -3.51. The van der Waals surface area contributed by atoms with Crippen LogP contribution in [0.2, 0.25) is 0 Å². The molecule has 0 unspecified atom stereocenters. The molecule has 2 aliphatic heterocycles. The molecule has 0 saturated carbocycles. The number of aryl methyl sites for hydroxylation is 1. The molecular formula is C36H37N3O6S. The number of nitrogens with one attached hydrogen (secondary N) is 1. The summed E-state index contributed by atoms with van der Waals surface area (Å²) < 4.78 is 38.3. The maximum atomic E-state index is 14.1. The largest absolute Gasteiger partial charge is 0.454 e. The monoisotopic (exact) mass is 639 g/mol. The molecule has 1 saturated heterocycles. The summed E-state index contributed by atoms with van der Waals surface area (Å²) in [6, 6.07) is 30.3. The van der Waals surface area contributed by atoms with Crippen LogP contribution in [0.4, 0.5) is 0 Å². The van der Waals surface area contributed by atoms with Crippen LogP contribution in [0.3, 0.4) is 0 Å². The summed E-state index contributed by atoms with van der Waals surface area (Å²) in [4.78, 5) is 29.9. The van der Waals surface area contributed by atoms with Crippen molar-refractivity contribution in [3.05, 3.63) is 125 Å². The van der Waals surface area contributed by atoms with E-state index in [9.17, 15) is 18.0 Å². The highest BCUT2D eigenvalue weighted by Gasteiger charge is 2.32. The Kier molecular flexibility index (Phi) is 9.65. The van der Waals surface area contributed by atoms with Crippen molar-refractivity contribution in [3.63, 3.8) is 0 Å². The standard InChI is InChI=1S/C36H37N3O6S/c40-34(20-16-27-13-17-31(18-14-27)46(42,43)38-21-7-8-22-38)39(25-28-9-3-1-4-10-28)35(30-11-5-2-6-12-30)36(41)37-24-29-15-19-32-33(23-29)45-26-44-32/h1-6,9-15,17-19,23,35H,7-8,16,20-22,24-26H2,(H,37,41)/t35-/m0/s1. The minimum atomic E-state index is -3.51. The lowest BCUT2D eigenvalue weighted by Gasteiger charge is -2.32. The number of carbonyl (C=O) groups excluding carboxylic acids is 2. The maximum absolute atomic E-state index is 14.1. The number of carbonyl (C=O) groups is 2. The van der Waals surface area contributed by atoms with Crippen LogP contribution in [0.15, 0.2) is 108 Å². The predicted octanol–water partition coefficient (Wildman–Crippen LogP) is 5.22. The first-order chi connectivity index (χ1) is 22.4. The molecule has 0 aromatic heterocycles. The number of benzene rings is 4. The van der Waals surface area contributed by atoms with Gasteiger partial charge in [0.15, 0.2) is 11.5 Å². The summed E-state index contributed by atoms with van der Waals surface area (Å²) in [5.74, 6) is 0.808. The molecule has 0 bridgehead atoms. The lowest BCUT2D eigenvalue weighted by Crippen LogP contribution is -2.43. The number of hydrogen-bond acceptors (Lipinski definition) is 6. The highest BCUT2D eigenvalue weighted by Crippen LogP contribution is 2.33. The van der Waals surface area contributed by atoms with Crippen molar-refractivity contribution < 1.29 is 27.5 Å². The Hall–Kier alpha value is -4.67. The molecule has 4 aromatic rings. The van der Waals surface area contributed by atoms with Crippen LogP contribution in [0, 0.1) is 0 Å². The molecule has 0 aliphatic carbocycles. The second kappa shape index (κ2) is 14.2. The SMILES string of the molecule is O=C(NCc1ccc2c(c1)OCO2)[C@H](c1ccccc1)N(Cc1ccccc1)C(=O)CCc1ccc(S(=O)(=O)N2CCCC2)cc1. The second-order valence-corrected chi connectivity index (χ2v) is 13.4. The third kappa shape index (κ3) is 7.24. The van der Waals surface area contributed by atoms with Gasteiger partial charge in [-0.1, -0.05) is 78.9 Å². The van der Waals surface area contributed by atoms with Crippen molar-refractivity contribution in [2.75, 3.05) is 19.9 Å². The van der Waals surface area contributed by atoms with E-state index < -0.39 is 16.1 Å². The van der Waals surface area contributed by atoms with E-state index in [0.29, 0.717) is 36.6 Å². The van der Waals surface area contributed by atoms with Gasteiger partial charge in [0, 0.05) is 32.6 Å². The number of fused-ring (bicyclic) bond motifs is 1. The van der Waals surface area contributed by atoms with Crippen molar-refractivity contribution in [2.24, 2.45) is 0 Å². The molecule has 0 spiro atoms. The van der Waals surface area contributed by atoms with E-state index in [1.165, 1.54) is 4.31 Å². The molecule has 238 valence electrons. The smallest absolute Gasteiger partial charge is 0.247 e. The van der Waals surface area contributed by atoms with Gasteiger partial charge >= 0.3 is 0 Å². The van der Waals surface area contributed by atoms with E-state index in [2.05, 4.69) is 5.32 Å². The zero-order valence-corrected chi connectivity index (χ0v) is 26.3. The van der Waals surface area contributed by atoms with Gasteiger partial charge in [0.1, 0.15) is 6.04 Å². The number of sulfonamides is 1. The van der Waals surface area contributed by atoms with Crippen molar-refractivity contribution in [2.45, 2.75) is 49.7 Å². The fraction of sp³-hybridized carbons (Fsp3) is 0.278. The Balaban J connectivity index is 1.21. The van der Waals surface area contributed by atoms with Crippen LogP contribution in [-0.4, -0.2) is 49.3 Å². The molecule has 4 aromatic carbocycles. The first kappa shape index (κ1) is 31.3. The minimum absolute atomic E-state index is 0.143. The molecule has 2 aliphatic rings. The molecule has 1 atom stereocenters. The van der Waals surface area contributed by atoms with Crippen LogP contribution >= 0.6 is 0 Å². The number of ether oxygens (including phenoxy) is 2. The zero-order chi connectivity index (χ0) is 31.9. The molecular weight excluding hydrogens is 602 g/mol. The van der Waals surface area contributed by atoms with Crippen molar-refractivity contribution in [1.29, 1.82) is 0 Å². The molecule has 0 radical (unpaired) electrons. The van der Waals surface area contributed by atoms with E-state index in [1.807, 2.05) is 78.9 Å². The highest BCUT2D eigenvalue weighted by molar-refractivity contribution is 7.89. The Labute approximate surface area is 269 Å². The van der Waals surface area contributed by atoms with Crippen LogP contribution in [0.1, 0.15) is 47.6 Å². The second-order valence-electron chi connectivity index (χ2n) is 11.5. The Morgan fingerprint density at radius 3 is 2.15 bits per heavy atom. The summed E-state index contributed by atoms with van der Waals surface area (Å²) in [5, 5.41) is 3.04. The van der Waals surface area contributed by atoms with E-state index in [4.69, 9.17) is 9.47 Å². The molecule has 1 fully saturated rings. The van der Waals surface area contributed by atoms with Crippen LogP contribution < -0.4 is 14.8 Å². The average Bonchev–Trinajstić information content (AvgIpc) is 3.80. The minimum Gasteiger partial charge on any atom is -0.454 e. The molecule has 2 heterocycles. The first-order valence-electron chi connectivity index (χ1n) is 15.5. The van der Waals surface area contributed by atoms with Crippen molar-refractivity contribution >= 4 is 21.8 Å². The number of nitrogens with zero attached hydrogens (tertiary/aromatic N) is 2. The third-order valence-electron chi connectivity index (χ3n) is 8.35. The molecule has 1 N–H and O–H groups in total. The summed E-state index contributed by atoms with van der Waals surface area (Å²) in [6.07, 6.45) is 2.29. The van der Waals surface area contributed by atoms with Gasteiger partial charge in [0.25, 0.3) is 0 Å². The fourth-order valence-electron chi connectivity index (χ4n) is 5.85. The van der Waals surface area contributed by atoms with Gasteiger partial charge in [-0.2, -0.15) is 4.31 Å². The fourth-order valence-corrected chi connectivity index (χ4v) is 7.37. The third-order valence-corrected chi connectivity index (χ3v) is 10.3.